The molecular formula is C17H17N3O3. The van der Waals surface area contributed by atoms with Crippen LogP contribution in [0.2, 0.25) is 0 Å². The summed E-state index contributed by atoms with van der Waals surface area (Å²) in [4.78, 5) is 25.8. The Bertz CT molecular complexity index is 738. The zero-order chi connectivity index (χ0) is 16.2. The zero-order valence-corrected chi connectivity index (χ0v) is 12.5. The number of amides is 3. The Morgan fingerprint density at radius 2 is 2.22 bits per heavy atom. The summed E-state index contributed by atoms with van der Waals surface area (Å²) in [6.45, 7) is 4.53. The van der Waals surface area contributed by atoms with E-state index in [0.29, 0.717) is 24.5 Å². The first kappa shape index (κ1) is 14.9. The van der Waals surface area contributed by atoms with Crippen molar-refractivity contribution in [1.82, 2.24) is 5.32 Å². The molecule has 0 saturated carbocycles. The highest BCUT2D eigenvalue weighted by Gasteiger charge is 2.27. The summed E-state index contributed by atoms with van der Waals surface area (Å²) in [6, 6.07) is 8.57. The lowest BCUT2D eigenvalue weighted by atomic mass is 10.1. The highest BCUT2D eigenvalue weighted by molar-refractivity contribution is 6.06. The Balaban J connectivity index is 1.79. The molecule has 6 nitrogen and oxygen atoms in total. The molecule has 3 amide bonds. The van der Waals surface area contributed by atoms with Gasteiger partial charge in [0, 0.05) is 24.5 Å². The monoisotopic (exact) mass is 311 g/mol. The third kappa shape index (κ3) is 3.11. The lowest BCUT2D eigenvalue weighted by molar-refractivity contribution is 0.0963. The number of nitrogens with one attached hydrogen (secondary N) is 2. The minimum absolute atomic E-state index is 0.179. The number of carbonyl (C=O) groups is 2. The van der Waals surface area contributed by atoms with Gasteiger partial charge in [0.1, 0.15) is 0 Å². The molecule has 0 bridgehead atoms. The molecule has 3 rings (SSSR count). The fourth-order valence-corrected chi connectivity index (χ4v) is 2.54. The van der Waals surface area contributed by atoms with E-state index in [9.17, 15) is 9.59 Å². The van der Waals surface area contributed by atoms with E-state index in [1.807, 2.05) is 12.1 Å². The SMILES string of the molecule is C=CCNC(=O)Nc1ccc2c(c1)N(C(=O)c1ccco1)CC2. The van der Waals surface area contributed by atoms with Gasteiger partial charge in [-0.25, -0.2) is 4.79 Å². The van der Waals surface area contributed by atoms with Gasteiger partial charge in [-0.05, 0) is 36.2 Å². The van der Waals surface area contributed by atoms with E-state index in [4.69, 9.17) is 4.42 Å². The fraction of sp³-hybridized carbons (Fsp3) is 0.176. The van der Waals surface area contributed by atoms with Crippen molar-refractivity contribution in [1.29, 1.82) is 0 Å². The Kier molecular flexibility index (Phi) is 4.14. The molecule has 1 aromatic carbocycles. The molecule has 1 aliphatic heterocycles. The molecule has 6 heteroatoms. The van der Waals surface area contributed by atoms with Crippen LogP contribution in [0.1, 0.15) is 16.1 Å². The van der Waals surface area contributed by atoms with Crippen LogP contribution in [0.15, 0.2) is 53.7 Å². The summed E-state index contributed by atoms with van der Waals surface area (Å²) in [5.41, 5.74) is 2.50. The molecule has 0 saturated heterocycles. The Labute approximate surface area is 133 Å². The van der Waals surface area contributed by atoms with Gasteiger partial charge in [0.2, 0.25) is 0 Å². The van der Waals surface area contributed by atoms with Crippen LogP contribution in [0.5, 0.6) is 0 Å². The summed E-state index contributed by atoms with van der Waals surface area (Å²) in [6.07, 6.45) is 3.86. The summed E-state index contributed by atoms with van der Waals surface area (Å²) < 4.78 is 5.18. The molecule has 118 valence electrons. The first-order valence-corrected chi connectivity index (χ1v) is 7.33. The van der Waals surface area contributed by atoms with E-state index < -0.39 is 0 Å². The first-order chi connectivity index (χ1) is 11.2. The van der Waals surface area contributed by atoms with E-state index >= 15 is 0 Å². The molecule has 0 radical (unpaired) electrons. The van der Waals surface area contributed by atoms with Gasteiger partial charge in [-0.1, -0.05) is 12.1 Å². The lowest BCUT2D eigenvalue weighted by Gasteiger charge is -2.17. The number of benzene rings is 1. The summed E-state index contributed by atoms with van der Waals surface area (Å²) in [5, 5.41) is 5.38. The number of rotatable bonds is 4. The van der Waals surface area contributed by atoms with Crippen molar-refractivity contribution in [3.63, 3.8) is 0 Å². The highest BCUT2D eigenvalue weighted by atomic mass is 16.3. The van der Waals surface area contributed by atoms with Crippen molar-refractivity contribution in [2.75, 3.05) is 23.3 Å². The van der Waals surface area contributed by atoms with Gasteiger partial charge in [0.15, 0.2) is 5.76 Å². The van der Waals surface area contributed by atoms with Crippen LogP contribution in [0.4, 0.5) is 16.2 Å². The van der Waals surface area contributed by atoms with E-state index in [0.717, 1.165) is 17.7 Å². The third-order valence-electron chi connectivity index (χ3n) is 3.62. The van der Waals surface area contributed by atoms with Gasteiger partial charge in [0.25, 0.3) is 5.91 Å². The summed E-state index contributed by atoms with van der Waals surface area (Å²) >= 11 is 0. The quantitative estimate of drug-likeness (QED) is 0.853. The maximum Gasteiger partial charge on any atom is 0.319 e. The topological polar surface area (TPSA) is 74.6 Å². The molecule has 1 aromatic heterocycles. The molecule has 0 aliphatic carbocycles. The molecule has 0 spiro atoms. The molecule has 23 heavy (non-hydrogen) atoms. The van der Waals surface area contributed by atoms with Crippen LogP contribution in [0.25, 0.3) is 0 Å². The van der Waals surface area contributed by atoms with Crippen molar-refractivity contribution in [2.45, 2.75) is 6.42 Å². The van der Waals surface area contributed by atoms with Crippen molar-refractivity contribution in [2.24, 2.45) is 0 Å². The number of hydrogen-bond acceptors (Lipinski definition) is 3. The number of nitrogens with zero attached hydrogens (tertiary/aromatic N) is 1. The van der Waals surface area contributed by atoms with Crippen molar-refractivity contribution >= 4 is 23.3 Å². The fourth-order valence-electron chi connectivity index (χ4n) is 2.54. The van der Waals surface area contributed by atoms with E-state index in [1.54, 1.807) is 29.2 Å². The van der Waals surface area contributed by atoms with E-state index in [2.05, 4.69) is 17.2 Å². The van der Waals surface area contributed by atoms with Crippen LogP contribution in [-0.4, -0.2) is 25.0 Å². The second-order valence-electron chi connectivity index (χ2n) is 5.15. The highest BCUT2D eigenvalue weighted by Crippen LogP contribution is 2.32. The number of urea groups is 1. The van der Waals surface area contributed by atoms with Crippen LogP contribution in [-0.2, 0) is 6.42 Å². The second-order valence-corrected chi connectivity index (χ2v) is 5.15. The Morgan fingerprint density at radius 1 is 1.35 bits per heavy atom. The van der Waals surface area contributed by atoms with Gasteiger partial charge in [-0.15, -0.1) is 6.58 Å². The Hall–Kier alpha value is -3.02. The number of fused-ring (bicyclic) bond motifs is 1. The molecule has 2 N–H and O–H groups in total. The van der Waals surface area contributed by atoms with Gasteiger partial charge in [0.05, 0.1) is 6.26 Å². The average molecular weight is 311 g/mol. The van der Waals surface area contributed by atoms with Crippen LogP contribution >= 0.6 is 0 Å². The van der Waals surface area contributed by atoms with Crippen molar-refractivity contribution in [3.8, 4) is 0 Å². The standard InChI is InChI=1S/C17H17N3O3/c1-2-8-18-17(22)19-13-6-5-12-7-9-20(14(12)11-13)16(21)15-4-3-10-23-15/h2-6,10-11H,1,7-9H2,(H2,18,19,22). The smallest absolute Gasteiger partial charge is 0.319 e. The van der Waals surface area contributed by atoms with Crippen LogP contribution in [0.3, 0.4) is 0 Å². The van der Waals surface area contributed by atoms with Crippen LogP contribution in [0, 0.1) is 0 Å². The molecule has 0 fully saturated rings. The normalized spacial score (nSPS) is 12.6. The molecule has 2 heterocycles. The molecule has 0 unspecified atom stereocenters. The second kappa shape index (κ2) is 6.39. The number of carbonyl (C=O) groups excluding carboxylic acids is 2. The van der Waals surface area contributed by atoms with E-state index in [-0.39, 0.29) is 11.9 Å². The number of hydrogen-bond donors (Lipinski definition) is 2. The number of anilines is 2. The largest absolute Gasteiger partial charge is 0.459 e. The lowest BCUT2D eigenvalue weighted by Crippen LogP contribution is -2.29. The number of furan rings is 1. The molecule has 2 aromatic rings. The Morgan fingerprint density at radius 3 is 2.96 bits per heavy atom. The van der Waals surface area contributed by atoms with Gasteiger partial charge in [-0.2, -0.15) is 0 Å². The average Bonchev–Trinajstić information content (AvgIpc) is 3.21. The first-order valence-electron chi connectivity index (χ1n) is 7.33. The van der Waals surface area contributed by atoms with Gasteiger partial charge in [-0.3, -0.25) is 4.79 Å². The van der Waals surface area contributed by atoms with Crippen molar-refractivity contribution < 1.29 is 14.0 Å². The third-order valence-corrected chi connectivity index (χ3v) is 3.62. The predicted molar refractivity (Wildman–Crippen MR) is 87.7 cm³/mol. The van der Waals surface area contributed by atoms with Crippen LogP contribution < -0.4 is 15.5 Å². The van der Waals surface area contributed by atoms with E-state index in [1.165, 1.54) is 6.26 Å². The van der Waals surface area contributed by atoms with Gasteiger partial charge < -0.3 is 20.0 Å². The maximum atomic E-state index is 12.5. The minimum Gasteiger partial charge on any atom is -0.459 e. The van der Waals surface area contributed by atoms with Gasteiger partial charge >= 0.3 is 6.03 Å². The molecule has 0 atom stereocenters. The van der Waals surface area contributed by atoms with Crippen molar-refractivity contribution in [3.05, 3.63) is 60.6 Å². The summed E-state index contributed by atoms with van der Waals surface area (Å²) in [7, 11) is 0. The predicted octanol–water partition coefficient (Wildman–Crippen LogP) is 2.79. The molecule has 1 aliphatic rings. The maximum absolute atomic E-state index is 12.5. The molecular weight excluding hydrogens is 294 g/mol. The summed E-state index contributed by atoms with van der Waals surface area (Å²) in [5.74, 6) is 0.127. The minimum atomic E-state index is -0.313. The zero-order valence-electron chi connectivity index (χ0n) is 12.5.